The zero-order valence-electron chi connectivity index (χ0n) is 12.4. The van der Waals surface area contributed by atoms with Gasteiger partial charge in [-0.3, -0.25) is 4.79 Å². The monoisotopic (exact) mass is 282 g/mol. The van der Waals surface area contributed by atoms with Crippen LogP contribution in [0.25, 0.3) is 0 Å². The van der Waals surface area contributed by atoms with E-state index < -0.39 is 11.4 Å². The Hall–Kier alpha value is -1.26. The highest BCUT2D eigenvalue weighted by Gasteiger charge is 2.41. The Morgan fingerprint density at radius 3 is 2.55 bits per heavy atom. The summed E-state index contributed by atoms with van der Waals surface area (Å²) in [5.74, 6) is -0.0900. The van der Waals surface area contributed by atoms with Gasteiger partial charge in [-0.1, -0.05) is 19.8 Å². The molecule has 1 saturated carbocycles. The number of aliphatic carboxylic acids is 1. The molecule has 1 heterocycles. The van der Waals surface area contributed by atoms with Crippen LogP contribution in [-0.4, -0.2) is 41.6 Å². The maximum Gasteiger partial charge on any atom is 0.317 e. The van der Waals surface area contributed by atoms with Crippen LogP contribution in [0.1, 0.15) is 51.9 Å². The predicted molar refractivity (Wildman–Crippen MR) is 76.5 cm³/mol. The number of hydrogen-bond acceptors (Lipinski definition) is 2. The van der Waals surface area contributed by atoms with E-state index in [-0.39, 0.29) is 12.6 Å². The van der Waals surface area contributed by atoms with Crippen LogP contribution in [0.2, 0.25) is 0 Å². The van der Waals surface area contributed by atoms with Crippen molar-refractivity contribution in [3.8, 4) is 0 Å². The summed E-state index contributed by atoms with van der Waals surface area (Å²) in [5, 5.41) is 12.3. The largest absolute Gasteiger partial charge is 0.481 e. The third-order valence-electron chi connectivity index (χ3n) is 4.90. The van der Waals surface area contributed by atoms with E-state index in [2.05, 4.69) is 12.2 Å². The van der Waals surface area contributed by atoms with Gasteiger partial charge in [0.15, 0.2) is 0 Å². The molecule has 0 bridgehead atoms. The Morgan fingerprint density at radius 1 is 1.20 bits per heavy atom. The van der Waals surface area contributed by atoms with Gasteiger partial charge in [0.05, 0.1) is 5.41 Å². The maximum atomic E-state index is 12.2. The van der Waals surface area contributed by atoms with E-state index in [0.29, 0.717) is 18.8 Å². The second-order valence-corrected chi connectivity index (χ2v) is 6.47. The second kappa shape index (κ2) is 6.46. The van der Waals surface area contributed by atoms with Gasteiger partial charge in [-0.15, -0.1) is 0 Å². The highest BCUT2D eigenvalue weighted by Crippen LogP contribution is 2.37. The van der Waals surface area contributed by atoms with Crippen molar-refractivity contribution in [3.63, 3.8) is 0 Å². The van der Waals surface area contributed by atoms with Crippen LogP contribution >= 0.6 is 0 Å². The molecule has 20 heavy (non-hydrogen) atoms. The summed E-state index contributed by atoms with van der Waals surface area (Å²) in [6.07, 6.45) is 6.51. The number of rotatable bonds is 3. The first-order valence-electron chi connectivity index (χ1n) is 7.80. The lowest BCUT2D eigenvalue weighted by Gasteiger charge is -2.27. The van der Waals surface area contributed by atoms with Gasteiger partial charge in [-0.05, 0) is 38.0 Å². The number of hydrogen-bond donors (Lipinski definition) is 2. The van der Waals surface area contributed by atoms with Crippen LogP contribution in [0.5, 0.6) is 0 Å². The number of nitrogens with one attached hydrogen (secondary N) is 1. The molecule has 2 N–H and O–H groups in total. The van der Waals surface area contributed by atoms with Gasteiger partial charge >= 0.3 is 12.0 Å². The molecule has 1 aliphatic carbocycles. The summed E-state index contributed by atoms with van der Waals surface area (Å²) in [6.45, 7) is 4.07. The molecule has 2 aliphatic rings. The molecule has 1 atom stereocenters. The number of carboxylic acids is 1. The first-order chi connectivity index (χ1) is 9.53. The van der Waals surface area contributed by atoms with Crippen LogP contribution < -0.4 is 5.32 Å². The lowest BCUT2D eigenvalue weighted by atomic mass is 9.86. The van der Waals surface area contributed by atoms with Gasteiger partial charge < -0.3 is 15.3 Å². The molecule has 5 heteroatoms. The highest BCUT2D eigenvalue weighted by molar-refractivity contribution is 5.78. The average molecular weight is 282 g/mol. The third-order valence-corrected chi connectivity index (χ3v) is 4.90. The van der Waals surface area contributed by atoms with Gasteiger partial charge in [-0.2, -0.15) is 0 Å². The minimum atomic E-state index is -0.764. The molecule has 2 amide bonds. The standard InChI is InChI=1S/C15H26N2O3/c1-12-5-4-9-17(10-6-12)14(20)16-11-15(13(18)19)7-2-3-8-15/h12H,2-11H2,1H3,(H,16,20)(H,18,19). The van der Waals surface area contributed by atoms with Crippen LogP contribution in [-0.2, 0) is 4.79 Å². The summed E-state index contributed by atoms with van der Waals surface area (Å²) >= 11 is 0. The molecule has 0 spiro atoms. The zero-order valence-corrected chi connectivity index (χ0v) is 12.4. The van der Waals surface area contributed by atoms with Crippen molar-refractivity contribution < 1.29 is 14.7 Å². The number of carbonyl (C=O) groups excluding carboxylic acids is 1. The Bertz CT molecular complexity index is 364. The van der Waals surface area contributed by atoms with Gasteiger partial charge in [-0.25, -0.2) is 4.79 Å². The zero-order chi connectivity index (χ0) is 14.6. The Morgan fingerprint density at radius 2 is 1.90 bits per heavy atom. The van der Waals surface area contributed by atoms with Crippen LogP contribution in [0.3, 0.4) is 0 Å². The quantitative estimate of drug-likeness (QED) is 0.835. The van der Waals surface area contributed by atoms with Gasteiger partial charge in [0.25, 0.3) is 0 Å². The lowest BCUT2D eigenvalue weighted by Crippen LogP contribution is -2.47. The SMILES string of the molecule is CC1CCCN(C(=O)NCC2(C(=O)O)CCCC2)CC1. The molecule has 1 aliphatic heterocycles. The van der Waals surface area contributed by atoms with E-state index in [1.165, 1.54) is 6.42 Å². The van der Waals surface area contributed by atoms with Crippen molar-refractivity contribution >= 4 is 12.0 Å². The second-order valence-electron chi connectivity index (χ2n) is 6.47. The van der Waals surface area contributed by atoms with Crippen LogP contribution in [0, 0.1) is 11.3 Å². The van der Waals surface area contributed by atoms with Gasteiger partial charge in [0, 0.05) is 19.6 Å². The first kappa shape index (κ1) is 15.1. The molecule has 114 valence electrons. The van der Waals surface area contributed by atoms with Crippen molar-refractivity contribution in [1.82, 2.24) is 10.2 Å². The van der Waals surface area contributed by atoms with E-state index in [9.17, 15) is 14.7 Å². The van der Waals surface area contributed by atoms with Crippen molar-refractivity contribution in [1.29, 1.82) is 0 Å². The first-order valence-corrected chi connectivity index (χ1v) is 7.80. The fourth-order valence-corrected chi connectivity index (χ4v) is 3.34. The number of likely N-dealkylation sites (tertiary alicyclic amines) is 1. The predicted octanol–water partition coefficient (Wildman–Crippen LogP) is 2.46. The Kier molecular flexibility index (Phi) is 4.89. The minimum absolute atomic E-state index is 0.0911. The molecule has 5 nitrogen and oxygen atoms in total. The van der Waals surface area contributed by atoms with Crippen molar-refractivity contribution in [2.45, 2.75) is 51.9 Å². The summed E-state index contributed by atoms with van der Waals surface area (Å²) in [6, 6.07) is -0.0911. The Balaban J connectivity index is 1.86. The fraction of sp³-hybridized carbons (Fsp3) is 0.867. The number of nitrogens with zero attached hydrogens (tertiary/aromatic N) is 1. The van der Waals surface area contributed by atoms with Gasteiger partial charge in [0.1, 0.15) is 0 Å². The summed E-state index contributed by atoms with van der Waals surface area (Å²) in [4.78, 5) is 25.5. The molecule has 1 saturated heterocycles. The third kappa shape index (κ3) is 3.44. The van der Waals surface area contributed by atoms with Crippen molar-refractivity contribution in [2.75, 3.05) is 19.6 Å². The molecule has 0 aromatic rings. The van der Waals surface area contributed by atoms with E-state index in [0.717, 1.165) is 38.8 Å². The summed E-state index contributed by atoms with van der Waals surface area (Å²) < 4.78 is 0. The van der Waals surface area contributed by atoms with Crippen molar-refractivity contribution in [2.24, 2.45) is 11.3 Å². The topological polar surface area (TPSA) is 69.6 Å². The summed E-state index contributed by atoms with van der Waals surface area (Å²) in [5.41, 5.74) is -0.727. The molecule has 0 radical (unpaired) electrons. The molecule has 2 rings (SSSR count). The number of carboxylic acid groups (broad SMARTS) is 1. The number of urea groups is 1. The molecular weight excluding hydrogens is 256 g/mol. The van der Waals surface area contributed by atoms with E-state index in [1.807, 2.05) is 4.90 Å². The van der Waals surface area contributed by atoms with E-state index >= 15 is 0 Å². The van der Waals surface area contributed by atoms with E-state index in [4.69, 9.17) is 0 Å². The minimum Gasteiger partial charge on any atom is -0.481 e. The lowest BCUT2D eigenvalue weighted by molar-refractivity contribution is -0.148. The van der Waals surface area contributed by atoms with Crippen molar-refractivity contribution in [3.05, 3.63) is 0 Å². The summed E-state index contributed by atoms with van der Waals surface area (Å²) in [7, 11) is 0. The van der Waals surface area contributed by atoms with Crippen LogP contribution in [0.15, 0.2) is 0 Å². The Labute approximate surface area is 120 Å². The molecule has 1 unspecified atom stereocenters. The van der Waals surface area contributed by atoms with Gasteiger partial charge in [0.2, 0.25) is 0 Å². The molecule has 0 aromatic heterocycles. The molecule has 2 fully saturated rings. The highest BCUT2D eigenvalue weighted by atomic mass is 16.4. The molecular formula is C15H26N2O3. The smallest absolute Gasteiger partial charge is 0.317 e. The normalized spacial score (nSPS) is 26.1. The maximum absolute atomic E-state index is 12.2. The number of carbonyl (C=O) groups is 2. The van der Waals surface area contributed by atoms with Crippen LogP contribution in [0.4, 0.5) is 4.79 Å². The number of amides is 2. The average Bonchev–Trinajstić information content (AvgIpc) is 2.80. The van der Waals surface area contributed by atoms with E-state index in [1.54, 1.807) is 0 Å². The molecule has 0 aromatic carbocycles. The fourth-order valence-electron chi connectivity index (χ4n) is 3.34.